The molecule has 7 heteroatoms. The molecule has 1 heterocycles. The van der Waals surface area contributed by atoms with Crippen molar-refractivity contribution < 1.29 is 18.0 Å². The van der Waals surface area contributed by atoms with E-state index in [4.69, 9.17) is 0 Å². The fourth-order valence-electron chi connectivity index (χ4n) is 2.80. The lowest BCUT2D eigenvalue weighted by Crippen LogP contribution is -2.30. The average Bonchev–Trinajstić information content (AvgIpc) is 3.14. The molecule has 0 saturated carbocycles. The minimum atomic E-state index is -1.11. The predicted molar refractivity (Wildman–Crippen MR) is 103 cm³/mol. The number of amides is 1. The van der Waals surface area contributed by atoms with Crippen molar-refractivity contribution in [1.82, 2.24) is 4.98 Å². The van der Waals surface area contributed by atoms with Gasteiger partial charge in [-0.15, -0.1) is 0 Å². The highest BCUT2D eigenvalue weighted by Crippen LogP contribution is 2.32. The van der Waals surface area contributed by atoms with Crippen molar-refractivity contribution in [1.29, 1.82) is 0 Å². The third-order valence-electron chi connectivity index (χ3n) is 4.18. The quantitative estimate of drug-likeness (QED) is 0.451. The van der Waals surface area contributed by atoms with E-state index in [9.17, 15) is 18.0 Å². The van der Waals surface area contributed by atoms with Crippen LogP contribution < -0.4 is 4.90 Å². The number of halogens is 3. The van der Waals surface area contributed by atoms with E-state index in [-0.39, 0.29) is 22.8 Å². The van der Waals surface area contributed by atoms with E-state index in [0.717, 1.165) is 29.0 Å². The summed E-state index contributed by atoms with van der Waals surface area (Å²) < 4.78 is 41.6. The second kappa shape index (κ2) is 7.44. The Hall–Kier alpha value is -3.19. The third kappa shape index (κ3) is 3.48. The first-order valence-electron chi connectivity index (χ1n) is 8.39. The van der Waals surface area contributed by atoms with Crippen molar-refractivity contribution in [2.24, 2.45) is 0 Å². The minimum Gasteiger partial charge on any atom is -0.279 e. The van der Waals surface area contributed by atoms with Crippen LogP contribution in [0.3, 0.4) is 0 Å². The topological polar surface area (TPSA) is 33.2 Å². The van der Waals surface area contributed by atoms with Gasteiger partial charge >= 0.3 is 0 Å². The Kier molecular flexibility index (Phi) is 4.83. The van der Waals surface area contributed by atoms with Crippen molar-refractivity contribution in [3.63, 3.8) is 0 Å². The molecule has 3 nitrogen and oxygen atoms in total. The molecule has 0 atom stereocenters. The molecule has 28 heavy (non-hydrogen) atoms. The number of fused-ring (bicyclic) bond motifs is 1. The Morgan fingerprint density at radius 1 is 0.893 bits per heavy atom. The van der Waals surface area contributed by atoms with Gasteiger partial charge in [-0.05, 0) is 35.9 Å². The summed E-state index contributed by atoms with van der Waals surface area (Å²) in [4.78, 5) is 18.7. The van der Waals surface area contributed by atoms with Crippen LogP contribution in [0.25, 0.3) is 10.2 Å². The van der Waals surface area contributed by atoms with Gasteiger partial charge in [0.2, 0.25) is 0 Å². The third-order valence-corrected chi connectivity index (χ3v) is 5.23. The largest absolute Gasteiger partial charge is 0.279 e. The van der Waals surface area contributed by atoms with E-state index >= 15 is 0 Å². The first-order chi connectivity index (χ1) is 13.5. The van der Waals surface area contributed by atoms with E-state index in [1.165, 1.54) is 17.0 Å². The van der Waals surface area contributed by atoms with Gasteiger partial charge in [-0.3, -0.25) is 9.69 Å². The summed E-state index contributed by atoms with van der Waals surface area (Å²) in [5, 5.41) is 0.277. The van der Waals surface area contributed by atoms with Crippen LogP contribution in [0.4, 0.5) is 18.3 Å². The van der Waals surface area contributed by atoms with Gasteiger partial charge in [0.05, 0.1) is 11.2 Å². The summed E-state index contributed by atoms with van der Waals surface area (Å²) in [5.41, 5.74) is 0.964. The van der Waals surface area contributed by atoms with Gasteiger partial charge in [-0.2, -0.15) is 0 Å². The van der Waals surface area contributed by atoms with Crippen LogP contribution in [0.2, 0.25) is 0 Å². The van der Waals surface area contributed by atoms with Crippen LogP contribution in [-0.2, 0) is 6.54 Å². The average molecular weight is 398 g/mol. The number of carbonyl (C=O) groups is 1. The zero-order valence-corrected chi connectivity index (χ0v) is 15.2. The molecule has 0 N–H and O–H groups in total. The molecule has 0 aliphatic rings. The van der Waals surface area contributed by atoms with Gasteiger partial charge in [-0.1, -0.05) is 47.7 Å². The summed E-state index contributed by atoms with van der Waals surface area (Å²) in [7, 11) is 0. The van der Waals surface area contributed by atoms with Crippen LogP contribution in [0.5, 0.6) is 0 Å². The number of aromatic nitrogens is 1. The number of hydrogen-bond acceptors (Lipinski definition) is 3. The number of carbonyl (C=O) groups excluding carboxylic acids is 1. The van der Waals surface area contributed by atoms with E-state index < -0.39 is 23.4 Å². The predicted octanol–water partition coefficient (Wildman–Crippen LogP) is 5.56. The minimum absolute atomic E-state index is 0.0189. The van der Waals surface area contributed by atoms with Crippen molar-refractivity contribution in [3.8, 4) is 0 Å². The molecular formula is C21H13F3N2OS. The maximum Gasteiger partial charge on any atom is 0.260 e. The fourth-order valence-corrected chi connectivity index (χ4v) is 3.77. The molecule has 0 aliphatic carbocycles. The molecule has 3 aromatic carbocycles. The molecule has 0 spiro atoms. The Morgan fingerprint density at radius 2 is 1.68 bits per heavy atom. The Labute approximate surface area is 162 Å². The summed E-state index contributed by atoms with van der Waals surface area (Å²) in [6.07, 6.45) is 0. The molecular weight excluding hydrogens is 385 g/mol. The maximum atomic E-state index is 14.1. The monoisotopic (exact) mass is 398 g/mol. The molecule has 0 saturated heterocycles. The first kappa shape index (κ1) is 18.2. The highest BCUT2D eigenvalue weighted by molar-refractivity contribution is 7.22. The highest BCUT2D eigenvalue weighted by atomic mass is 32.1. The number of thiazole rings is 1. The lowest BCUT2D eigenvalue weighted by Gasteiger charge is -2.20. The molecule has 4 rings (SSSR count). The highest BCUT2D eigenvalue weighted by Gasteiger charge is 2.23. The van der Waals surface area contributed by atoms with E-state index in [0.29, 0.717) is 4.70 Å². The molecule has 0 radical (unpaired) electrons. The summed E-state index contributed by atoms with van der Waals surface area (Å²) >= 11 is 1.16. The van der Waals surface area contributed by atoms with Crippen molar-refractivity contribution in [2.45, 2.75) is 6.54 Å². The van der Waals surface area contributed by atoms with Gasteiger partial charge in [0.15, 0.2) is 16.8 Å². The zero-order chi connectivity index (χ0) is 19.7. The molecule has 0 bridgehead atoms. The number of anilines is 1. The van der Waals surface area contributed by atoms with Gasteiger partial charge in [-0.25, -0.2) is 18.2 Å². The van der Waals surface area contributed by atoms with E-state index in [2.05, 4.69) is 4.98 Å². The van der Waals surface area contributed by atoms with E-state index in [1.807, 2.05) is 30.3 Å². The number of nitrogens with zero attached hydrogens (tertiary/aromatic N) is 2. The standard InChI is InChI=1S/C21H13F3N2OS/c22-15-10-9-14(11-17(15)24)20(27)26(12-13-5-2-1-3-6-13)21-25-19-16(23)7-4-8-18(19)28-21/h1-11H,12H2. The Morgan fingerprint density at radius 3 is 2.39 bits per heavy atom. The number of benzene rings is 3. The number of hydrogen-bond donors (Lipinski definition) is 0. The molecule has 1 amide bonds. The summed E-state index contributed by atoms with van der Waals surface area (Å²) in [6.45, 7) is 0.153. The van der Waals surface area contributed by atoms with Crippen LogP contribution >= 0.6 is 11.3 Å². The van der Waals surface area contributed by atoms with Crippen LogP contribution in [0.15, 0.2) is 66.7 Å². The van der Waals surface area contributed by atoms with Crippen molar-refractivity contribution in [2.75, 3.05) is 4.90 Å². The Balaban J connectivity index is 1.79. The lowest BCUT2D eigenvalue weighted by molar-refractivity contribution is 0.0984. The van der Waals surface area contributed by atoms with Crippen LogP contribution in [0.1, 0.15) is 15.9 Å². The SMILES string of the molecule is O=C(c1ccc(F)c(F)c1)N(Cc1ccccc1)c1nc2c(F)cccc2s1. The van der Waals surface area contributed by atoms with E-state index in [1.54, 1.807) is 12.1 Å². The first-order valence-corrected chi connectivity index (χ1v) is 9.20. The maximum absolute atomic E-state index is 14.1. The van der Waals surface area contributed by atoms with Gasteiger partial charge in [0.1, 0.15) is 11.3 Å². The lowest BCUT2D eigenvalue weighted by atomic mass is 10.1. The molecule has 140 valence electrons. The zero-order valence-electron chi connectivity index (χ0n) is 14.4. The number of para-hydroxylation sites is 1. The van der Waals surface area contributed by atoms with Gasteiger partial charge < -0.3 is 0 Å². The number of rotatable bonds is 4. The molecule has 0 unspecified atom stereocenters. The molecule has 0 fully saturated rings. The van der Waals surface area contributed by atoms with Crippen molar-refractivity contribution in [3.05, 3.63) is 95.3 Å². The summed E-state index contributed by atoms with van der Waals surface area (Å²) in [5.74, 6) is -3.18. The van der Waals surface area contributed by atoms with Crippen molar-refractivity contribution >= 4 is 32.6 Å². The normalized spacial score (nSPS) is 11.0. The van der Waals surface area contributed by atoms with Crippen LogP contribution in [0, 0.1) is 17.5 Å². The second-order valence-electron chi connectivity index (χ2n) is 6.09. The molecule has 4 aromatic rings. The molecule has 1 aromatic heterocycles. The van der Waals surface area contributed by atoms with Gasteiger partial charge in [0, 0.05) is 5.56 Å². The van der Waals surface area contributed by atoms with Crippen LogP contribution in [-0.4, -0.2) is 10.9 Å². The smallest absolute Gasteiger partial charge is 0.260 e. The van der Waals surface area contributed by atoms with Gasteiger partial charge in [0.25, 0.3) is 5.91 Å². The summed E-state index contributed by atoms with van der Waals surface area (Å²) in [6, 6.07) is 16.7. The fraction of sp³-hybridized carbons (Fsp3) is 0.0476. The molecule has 0 aliphatic heterocycles. The second-order valence-corrected chi connectivity index (χ2v) is 7.10. The Bertz CT molecular complexity index is 1160.